The fourth-order valence-electron chi connectivity index (χ4n) is 2.82. The van der Waals surface area contributed by atoms with Gasteiger partial charge in [-0.25, -0.2) is 0 Å². The van der Waals surface area contributed by atoms with E-state index < -0.39 is 0 Å². The third-order valence-corrected chi connectivity index (χ3v) is 3.85. The van der Waals surface area contributed by atoms with Crippen LogP contribution in [0.25, 0.3) is 0 Å². The molecule has 1 N–H and O–H groups in total. The van der Waals surface area contributed by atoms with Gasteiger partial charge in [-0.05, 0) is 31.2 Å². The van der Waals surface area contributed by atoms with Gasteiger partial charge in [0.05, 0.1) is 13.2 Å². The lowest BCUT2D eigenvalue weighted by Gasteiger charge is -2.26. The van der Waals surface area contributed by atoms with Crippen LogP contribution in [0.2, 0.25) is 0 Å². The molecule has 3 atom stereocenters. The number of nitrogens with one attached hydrogen (secondary N) is 1. The highest BCUT2D eigenvalue weighted by Gasteiger charge is 2.44. The summed E-state index contributed by atoms with van der Waals surface area (Å²) in [4.78, 5) is 2.63. The highest BCUT2D eigenvalue weighted by Crippen LogP contribution is 2.44. The quantitative estimate of drug-likeness (QED) is 0.703. The molecule has 0 amide bonds. The van der Waals surface area contributed by atoms with Crippen LogP contribution in [-0.4, -0.2) is 50.3 Å². The molecule has 2 aliphatic heterocycles. The summed E-state index contributed by atoms with van der Waals surface area (Å²) in [6.45, 7) is 6.87. The predicted molar refractivity (Wildman–Crippen MR) is 55.3 cm³/mol. The summed E-state index contributed by atoms with van der Waals surface area (Å²) in [7, 11) is 0. The molecular formula is C11H20N2O. The van der Waals surface area contributed by atoms with Gasteiger partial charge in [0.25, 0.3) is 0 Å². The van der Waals surface area contributed by atoms with E-state index in [0.717, 1.165) is 31.6 Å². The summed E-state index contributed by atoms with van der Waals surface area (Å²) in [6.07, 6.45) is 2.78. The zero-order chi connectivity index (χ0) is 9.38. The van der Waals surface area contributed by atoms with E-state index in [1.165, 1.54) is 32.5 Å². The third kappa shape index (κ3) is 1.95. The lowest BCUT2D eigenvalue weighted by molar-refractivity contribution is 0.0705. The van der Waals surface area contributed by atoms with Crippen LogP contribution in [-0.2, 0) is 4.74 Å². The molecule has 3 aliphatic rings. The highest BCUT2D eigenvalue weighted by atomic mass is 16.5. The van der Waals surface area contributed by atoms with Crippen LogP contribution in [0.5, 0.6) is 0 Å². The van der Waals surface area contributed by atoms with E-state index in [1.807, 2.05) is 0 Å². The van der Waals surface area contributed by atoms with Crippen molar-refractivity contribution in [2.24, 2.45) is 11.8 Å². The number of piperidine rings is 1. The molecule has 3 fully saturated rings. The van der Waals surface area contributed by atoms with Gasteiger partial charge in [-0.3, -0.25) is 0 Å². The van der Waals surface area contributed by atoms with Gasteiger partial charge in [0.15, 0.2) is 0 Å². The molecule has 80 valence electrons. The molecule has 3 nitrogen and oxygen atoms in total. The van der Waals surface area contributed by atoms with Gasteiger partial charge in [-0.15, -0.1) is 0 Å². The molecule has 2 saturated heterocycles. The maximum Gasteiger partial charge on any atom is 0.0620 e. The Morgan fingerprint density at radius 1 is 1.29 bits per heavy atom. The van der Waals surface area contributed by atoms with Crippen LogP contribution in [0.3, 0.4) is 0 Å². The van der Waals surface area contributed by atoms with Gasteiger partial charge in [0.2, 0.25) is 0 Å². The van der Waals surface area contributed by atoms with E-state index in [-0.39, 0.29) is 0 Å². The molecule has 1 saturated carbocycles. The molecule has 3 rings (SSSR count). The van der Waals surface area contributed by atoms with Crippen molar-refractivity contribution in [1.29, 1.82) is 0 Å². The smallest absolute Gasteiger partial charge is 0.0620 e. The fraction of sp³-hybridized carbons (Fsp3) is 1.00. The van der Waals surface area contributed by atoms with Crippen LogP contribution >= 0.6 is 0 Å². The predicted octanol–water partition coefficient (Wildman–Crippen LogP) is 0.317. The number of hydrogen-bond acceptors (Lipinski definition) is 3. The van der Waals surface area contributed by atoms with Crippen LogP contribution in [0.15, 0.2) is 0 Å². The van der Waals surface area contributed by atoms with Crippen LogP contribution in [0.4, 0.5) is 0 Å². The van der Waals surface area contributed by atoms with Crippen molar-refractivity contribution >= 4 is 0 Å². The Labute approximate surface area is 85.8 Å². The topological polar surface area (TPSA) is 24.5 Å². The number of rotatable bonds is 3. The second-order valence-corrected chi connectivity index (χ2v) is 5.03. The lowest BCUT2D eigenvalue weighted by atomic mass is 10.2. The Bertz CT molecular complexity index is 191. The molecule has 1 aliphatic carbocycles. The Kier molecular flexibility index (Phi) is 2.48. The Morgan fingerprint density at radius 2 is 2.14 bits per heavy atom. The molecule has 3 heteroatoms. The molecule has 0 aromatic carbocycles. The van der Waals surface area contributed by atoms with Crippen LogP contribution in [0.1, 0.15) is 12.8 Å². The summed E-state index contributed by atoms with van der Waals surface area (Å²) in [5.74, 6) is 2.15. The average Bonchev–Trinajstić information content (AvgIpc) is 2.85. The highest BCUT2D eigenvalue weighted by molar-refractivity contribution is 4.96. The monoisotopic (exact) mass is 196 g/mol. The second kappa shape index (κ2) is 3.80. The van der Waals surface area contributed by atoms with Crippen molar-refractivity contribution in [3.05, 3.63) is 0 Å². The summed E-state index contributed by atoms with van der Waals surface area (Å²) in [5.41, 5.74) is 0. The number of nitrogens with zero attached hydrogens (tertiary/aromatic N) is 1. The molecule has 3 unspecified atom stereocenters. The fourth-order valence-corrected chi connectivity index (χ4v) is 2.82. The third-order valence-electron chi connectivity index (χ3n) is 3.85. The van der Waals surface area contributed by atoms with Crippen molar-refractivity contribution < 1.29 is 4.74 Å². The first-order valence-electron chi connectivity index (χ1n) is 5.95. The van der Waals surface area contributed by atoms with E-state index in [0.29, 0.717) is 6.04 Å². The van der Waals surface area contributed by atoms with Crippen LogP contribution < -0.4 is 5.32 Å². The molecule has 0 radical (unpaired) electrons. The van der Waals surface area contributed by atoms with Crippen molar-refractivity contribution in [3.63, 3.8) is 0 Å². The zero-order valence-corrected chi connectivity index (χ0v) is 8.74. The van der Waals surface area contributed by atoms with Gasteiger partial charge in [-0.2, -0.15) is 0 Å². The number of likely N-dealkylation sites (tertiary alicyclic amines) is 1. The minimum atomic E-state index is 0.612. The molecule has 0 spiro atoms. The Hall–Kier alpha value is -0.120. The van der Waals surface area contributed by atoms with Crippen LogP contribution in [0, 0.1) is 11.8 Å². The van der Waals surface area contributed by atoms with Crippen molar-refractivity contribution in [2.75, 3.05) is 39.4 Å². The minimum absolute atomic E-state index is 0.612. The maximum absolute atomic E-state index is 5.45. The molecule has 0 bridgehead atoms. The van der Waals surface area contributed by atoms with E-state index in [4.69, 9.17) is 4.74 Å². The lowest BCUT2D eigenvalue weighted by Crippen LogP contribution is -2.43. The molecular weight excluding hydrogens is 176 g/mol. The van der Waals surface area contributed by atoms with E-state index in [1.54, 1.807) is 0 Å². The van der Waals surface area contributed by atoms with Gasteiger partial charge in [0, 0.05) is 25.7 Å². The normalized spacial score (nSPS) is 42.4. The first-order chi connectivity index (χ1) is 6.92. The maximum atomic E-state index is 5.45. The molecule has 0 aromatic heterocycles. The van der Waals surface area contributed by atoms with Crippen molar-refractivity contribution in [3.8, 4) is 0 Å². The van der Waals surface area contributed by atoms with E-state index >= 15 is 0 Å². The van der Waals surface area contributed by atoms with Gasteiger partial charge >= 0.3 is 0 Å². The Morgan fingerprint density at radius 3 is 2.86 bits per heavy atom. The first kappa shape index (κ1) is 9.13. The summed E-state index contributed by atoms with van der Waals surface area (Å²) in [6, 6.07) is 0.612. The number of ether oxygens (including phenoxy) is 1. The SMILES string of the molecule is C1COCC(CCN2CC3CC3C2)N1. The zero-order valence-electron chi connectivity index (χ0n) is 8.74. The minimum Gasteiger partial charge on any atom is -0.379 e. The number of hydrogen-bond donors (Lipinski definition) is 1. The van der Waals surface area contributed by atoms with Crippen molar-refractivity contribution in [2.45, 2.75) is 18.9 Å². The average molecular weight is 196 g/mol. The van der Waals surface area contributed by atoms with E-state index in [9.17, 15) is 0 Å². The van der Waals surface area contributed by atoms with Gasteiger partial charge < -0.3 is 15.0 Å². The van der Waals surface area contributed by atoms with Gasteiger partial charge in [0.1, 0.15) is 0 Å². The Balaban J connectivity index is 1.36. The number of morpholine rings is 1. The van der Waals surface area contributed by atoms with Crippen molar-refractivity contribution in [1.82, 2.24) is 10.2 Å². The standard InChI is InChI=1S/C11H20N2O/c1(11-8-14-4-2-12-11)3-13-6-9-5-10(9)7-13/h9-12H,1-8H2. The second-order valence-electron chi connectivity index (χ2n) is 5.03. The summed E-state index contributed by atoms with van der Waals surface area (Å²) in [5, 5.41) is 3.51. The molecule has 0 aromatic rings. The van der Waals surface area contributed by atoms with Gasteiger partial charge in [-0.1, -0.05) is 0 Å². The largest absolute Gasteiger partial charge is 0.379 e. The summed E-state index contributed by atoms with van der Waals surface area (Å²) >= 11 is 0. The molecule has 2 heterocycles. The first-order valence-corrected chi connectivity index (χ1v) is 5.95. The van der Waals surface area contributed by atoms with E-state index in [2.05, 4.69) is 10.2 Å². The number of fused-ring (bicyclic) bond motifs is 1. The summed E-state index contributed by atoms with van der Waals surface area (Å²) < 4.78 is 5.45. The molecule has 14 heavy (non-hydrogen) atoms.